The van der Waals surface area contributed by atoms with E-state index in [0.717, 1.165) is 25.7 Å². The van der Waals surface area contributed by atoms with E-state index in [1.165, 1.54) is 6.20 Å². The van der Waals surface area contributed by atoms with Gasteiger partial charge in [-0.3, -0.25) is 4.79 Å². The average Bonchev–Trinajstić information content (AvgIpc) is 2.57. The highest BCUT2D eigenvalue weighted by Gasteiger charge is 2.25. The lowest BCUT2D eigenvalue weighted by Gasteiger charge is -2.30. The Morgan fingerprint density at radius 3 is 2.83 bits per heavy atom. The Hall–Kier alpha value is -1.92. The second kappa shape index (κ2) is 6.68. The summed E-state index contributed by atoms with van der Waals surface area (Å²) in [5, 5.41) is 10.6. The standard InChI is InChI=1S/C17H23N3O3/c1-23-13-6-7-14-15(8-13)20(17(22)9-19-14)10-16(21)11-2-4-12(18)5-3-11/h6-9,11-12,16,21H,2-5,10,18H2,1H3/t11-,12-,16-/m0/s1. The highest BCUT2D eigenvalue weighted by atomic mass is 16.5. The van der Waals surface area contributed by atoms with E-state index >= 15 is 0 Å². The van der Waals surface area contributed by atoms with Crippen LogP contribution in [-0.2, 0) is 6.54 Å². The quantitative estimate of drug-likeness (QED) is 0.886. The van der Waals surface area contributed by atoms with E-state index in [2.05, 4.69) is 4.98 Å². The van der Waals surface area contributed by atoms with E-state index in [4.69, 9.17) is 10.5 Å². The molecule has 2 aromatic rings. The third-order valence-electron chi connectivity index (χ3n) is 4.78. The van der Waals surface area contributed by atoms with E-state index in [9.17, 15) is 9.90 Å². The molecule has 6 nitrogen and oxygen atoms in total. The molecule has 124 valence electrons. The number of methoxy groups -OCH3 is 1. The van der Waals surface area contributed by atoms with Gasteiger partial charge in [0.25, 0.3) is 5.56 Å². The lowest BCUT2D eigenvalue weighted by molar-refractivity contribution is 0.0668. The summed E-state index contributed by atoms with van der Waals surface area (Å²) in [6, 6.07) is 5.65. The van der Waals surface area contributed by atoms with Crippen molar-refractivity contribution in [3.05, 3.63) is 34.7 Å². The minimum Gasteiger partial charge on any atom is -0.497 e. The van der Waals surface area contributed by atoms with Gasteiger partial charge in [0.15, 0.2) is 0 Å². The van der Waals surface area contributed by atoms with Crippen molar-refractivity contribution in [3.8, 4) is 5.75 Å². The molecule has 1 aliphatic carbocycles. The Bertz CT molecular complexity index is 735. The predicted molar refractivity (Wildman–Crippen MR) is 88.5 cm³/mol. The lowest BCUT2D eigenvalue weighted by Crippen LogP contribution is -2.36. The van der Waals surface area contributed by atoms with E-state index < -0.39 is 6.10 Å². The van der Waals surface area contributed by atoms with Crippen LogP contribution in [0.4, 0.5) is 0 Å². The largest absolute Gasteiger partial charge is 0.497 e. The van der Waals surface area contributed by atoms with Crippen LogP contribution < -0.4 is 16.0 Å². The summed E-state index contributed by atoms with van der Waals surface area (Å²) in [6.45, 7) is 0.269. The molecule has 1 fully saturated rings. The first kappa shape index (κ1) is 16.0. The molecular weight excluding hydrogens is 294 g/mol. The number of aliphatic hydroxyl groups is 1. The normalized spacial score (nSPS) is 22.9. The number of benzene rings is 1. The molecular formula is C17H23N3O3. The molecule has 0 amide bonds. The van der Waals surface area contributed by atoms with Crippen molar-refractivity contribution in [1.29, 1.82) is 0 Å². The molecule has 1 aromatic carbocycles. The van der Waals surface area contributed by atoms with Gasteiger partial charge in [0.2, 0.25) is 0 Å². The van der Waals surface area contributed by atoms with Gasteiger partial charge in [-0.1, -0.05) is 0 Å². The first-order valence-electron chi connectivity index (χ1n) is 8.05. The molecule has 23 heavy (non-hydrogen) atoms. The van der Waals surface area contributed by atoms with Gasteiger partial charge in [-0.15, -0.1) is 0 Å². The smallest absolute Gasteiger partial charge is 0.269 e. The number of aromatic nitrogens is 2. The molecule has 0 spiro atoms. The van der Waals surface area contributed by atoms with Crippen LogP contribution in [0.5, 0.6) is 5.75 Å². The van der Waals surface area contributed by atoms with Gasteiger partial charge in [-0.2, -0.15) is 0 Å². The number of aliphatic hydroxyl groups excluding tert-OH is 1. The van der Waals surface area contributed by atoms with Crippen LogP contribution in [0.2, 0.25) is 0 Å². The summed E-state index contributed by atoms with van der Waals surface area (Å²) in [7, 11) is 1.58. The van der Waals surface area contributed by atoms with Gasteiger partial charge in [0.05, 0.1) is 37.0 Å². The number of hydrogen-bond donors (Lipinski definition) is 2. The van der Waals surface area contributed by atoms with Crippen molar-refractivity contribution in [1.82, 2.24) is 9.55 Å². The monoisotopic (exact) mass is 317 g/mol. The van der Waals surface area contributed by atoms with Crippen LogP contribution in [0.25, 0.3) is 11.0 Å². The molecule has 1 aliphatic rings. The fraction of sp³-hybridized carbons (Fsp3) is 0.529. The summed E-state index contributed by atoms with van der Waals surface area (Å²) in [6.07, 6.45) is 4.42. The Morgan fingerprint density at radius 1 is 1.39 bits per heavy atom. The van der Waals surface area contributed by atoms with E-state index in [1.54, 1.807) is 17.7 Å². The van der Waals surface area contributed by atoms with Gasteiger partial charge in [-0.05, 0) is 43.7 Å². The molecule has 1 saturated carbocycles. The maximum Gasteiger partial charge on any atom is 0.269 e. The summed E-state index contributed by atoms with van der Waals surface area (Å²) in [5.41, 5.74) is 7.11. The molecule has 0 bridgehead atoms. The van der Waals surface area contributed by atoms with E-state index in [0.29, 0.717) is 16.8 Å². The fourth-order valence-corrected chi connectivity index (χ4v) is 3.32. The Labute approximate surface area is 134 Å². The highest BCUT2D eigenvalue weighted by molar-refractivity contribution is 5.76. The number of rotatable bonds is 4. The Balaban J connectivity index is 1.89. The van der Waals surface area contributed by atoms with Crippen LogP contribution in [0.1, 0.15) is 25.7 Å². The molecule has 0 aliphatic heterocycles. The zero-order valence-corrected chi connectivity index (χ0v) is 13.3. The number of fused-ring (bicyclic) bond motifs is 1. The fourth-order valence-electron chi connectivity index (χ4n) is 3.32. The second-order valence-corrected chi connectivity index (χ2v) is 6.30. The van der Waals surface area contributed by atoms with Crippen LogP contribution in [0, 0.1) is 5.92 Å². The van der Waals surface area contributed by atoms with Gasteiger partial charge in [0.1, 0.15) is 5.75 Å². The van der Waals surface area contributed by atoms with Crippen molar-refractivity contribution in [2.24, 2.45) is 11.7 Å². The van der Waals surface area contributed by atoms with Crippen molar-refractivity contribution < 1.29 is 9.84 Å². The van der Waals surface area contributed by atoms with Crippen molar-refractivity contribution >= 4 is 11.0 Å². The molecule has 6 heteroatoms. The topological polar surface area (TPSA) is 90.4 Å². The molecule has 0 unspecified atom stereocenters. The molecule has 1 heterocycles. The van der Waals surface area contributed by atoms with Gasteiger partial charge < -0.3 is 20.1 Å². The summed E-state index contributed by atoms with van der Waals surface area (Å²) in [4.78, 5) is 16.4. The minimum absolute atomic E-state index is 0.190. The lowest BCUT2D eigenvalue weighted by atomic mass is 9.83. The highest BCUT2D eigenvalue weighted by Crippen LogP contribution is 2.27. The summed E-state index contributed by atoms with van der Waals surface area (Å²) >= 11 is 0. The number of nitrogens with two attached hydrogens (primary N) is 1. The molecule has 0 radical (unpaired) electrons. The van der Waals surface area contributed by atoms with Crippen LogP contribution in [-0.4, -0.2) is 33.9 Å². The maximum absolute atomic E-state index is 12.2. The first-order chi connectivity index (χ1) is 11.1. The Morgan fingerprint density at radius 2 is 2.13 bits per heavy atom. The SMILES string of the molecule is COc1ccc2ncc(=O)n(C[C@H](O)[C@H]3CC[C@H](N)CC3)c2c1. The first-order valence-corrected chi connectivity index (χ1v) is 8.05. The predicted octanol–water partition coefficient (Wildman–Crippen LogP) is 1.28. The average molecular weight is 317 g/mol. The molecule has 3 N–H and O–H groups in total. The second-order valence-electron chi connectivity index (χ2n) is 6.30. The maximum atomic E-state index is 12.2. The molecule has 1 atom stereocenters. The molecule has 3 rings (SSSR count). The zero-order chi connectivity index (χ0) is 16.4. The van der Waals surface area contributed by atoms with Gasteiger partial charge in [-0.25, -0.2) is 4.98 Å². The third-order valence-corrected chi connectivity index (χ3v) is 4.78. The number of hydrogen-bond acceptors (Lipinski definition) is 5. The molecule has 0 saturated heterocycles. The zero-order valence-electron chi connectivity index (χ0n) is 13.3. The van der Waals surface area contributed by atoms with Crippen molar-refractivity contribution in [2.45, 2.75) is 44.4 Å². The van der Waals surface area contributed by atoms with Gasteiger partial charge in [0, 0.05) is 12.1 Å². The number of nitrogens with zero attached hydrogens (tertiary/aromatic N) is 2. The summed E-state index contributed by atoms with van der Waals surface area (Å²) in [5.74, 6) is 0.854. The minimum atomic E-state index is -0.558. The van der Waals surface area contributed by atoms with Crippen LogP contribution in [0.15, 0.2) is 29.2 Å². The third kappa shape index (κ3) is 3.38. The Kier molecular flexibility index (Phi) is 4.63. The van der Waals surface area contributed by atoms with E-state index in [-0.39, 0.29) is 24.1 Å². The van der Waals surface area contributed by atoms with E-state index in [1.807, 2.05) is 12.1 Å². The summed E-state index contributed by atoms with van der Waals surface area (Å²) < 4.78 is 6.82. The van der Waals surface area contributed by atoms with Crippen LogP contribution in [0.3, 0.4) is 0 Å². The van der Waals surface area contributed by atoms with Crippen LogP contribution >= 0.6 is 0 Å². The van der Waals surface area contributed by atoms with Crippen molar-refractivity contribution in [2.75, 3.05) is 7.11 Å². The number of ether oxygens (including phenoxy) is 1. The van der Waals surface area contributed by atoms with Gasteiger partial charge >= 0.3 is 0 Å². The molecule has 1 aromatic heterocycles. The van der Waals surface area contributed by atoms with Crippen molar-refractivity contribution in [3.63, 3.8) is 0 Å².